The number of carbonyl (C=O) groups is 1. The highest BCUT2D eigenvalue weighted by atomic mass is 35.7. The summed E-state index contributed by atoms with van der Waals surface area (Å²) in [5.74, 6) is -0.236. The third kappa shape index (κ3) is 4.11. The van der Waals surface area contributed by atoms with Crippen LogP contribution in [0.1, 0.15) is 37.6 Å². The molecular weight excluding hydrogens is 321 g/mol. The highest BCUT2D eigenvalue weighted by Crippen LogP contribution is 2.26. The van der Waals surface area contributed by atoms with Gasteiger partial charge in [0, 0.05) is 28.8 Å². The molecular formula is C13H17Cl2NO3S. The van der Waals surface area contributed by atoms with Crippen LogP contribution in [0.15, 0.2) is 23.1 Å². The lowest BCUT2D eigenvalue weighted by molar-refractivity contribution is 0.0705. The molecule has 20 heavy (non-hydrogen) atoms. The monoisotopic (exact) mass is 337 g/mol. The van der Waals surface area contributed by atoms with Gasteiger partial charge in [-0.2, -0.15) is 0 Å². The number of hydrogen-bond donors (Lipinski definition) is 0. The Labute approximate surface area is 129 Å². The highest BCUT2D eigenvalue weighted by Gasteiger charge is 2.22. The van der Waals surface area contributed by atoms with Gasteiger partial charge in [0.15, 0.2) is 0 Å². The van der Waals surface area contributed by atoms with Crippen molar-refractivity contribution in [1.82, 2.24) is 4.90 Å². The Hall–Kier alpha value is -0.780. The van der Waals surface area contributed by atoms with Gasteiger partial charge in [-0.3, -0.25) is 4.79 Å². The molecule has 7 heteroatoms. The van der Waals surface area contributed by atoms with Gasteiger partial charge in [-0.15, -0.1) is 0 Å². The molecule has 112 valence electrons. The van der Waals surface area contributed by atoms with Crippen LogP contribution in [-0.2, 0) is 9.05 Å². The first-order valence-corrected chi connectivity index (χ1v) is 8.92. The van der Waals surface area contributed by atoms with Crippen molar-refractivity contribution in [2.75, 3.05) is 6.54 Å². The number of rotatable bonds is 5. The average Bonchev–Trinajstić information content (AvgIpc) is 2.34. The number of amides is 1. The molecule has 0 saturated heterocycles. The molecule has 0 heterocycles. The molecule has 0 fully saturated rings. The van der Waals surface area contributed by atoms with Gasteiger partial charge in [-0.05, 0) is 38.5 Å². The number of hydrogen-bond acceptors (Lipinski definition) is 3. The Morgan fingerprint density at radius 1 is 1.35 bits per heavy atom. The van der Waals surface area contributed by atoms with E-state index in [0.29, 0.717) is 6.54 Å². The summed E-state index contributed by atoms with van der Waals surface area (Å²) in [4.78, 5) is 13.8. The summed E-state index contributed by atoms with van der Waals surface area (Å²) < 4.78 is 22.8. The third-order valence-corrected chi connectivity index (χ3v) is 4.59. The van der Waals surface area contributed by atoms with Crippen LogP contribution in [0.4, 0.5) is 0 Å². The molecule has 1 aromatic rings. The fourth-order valence-electron chi connectivity index (χ4n) is 1.82. The first-order chi connectivity index (χ1) is 9.18. The molecule has 1 rings (SSSR count). The smallest absolute Gasteiger partial charge is 0.262 e. The zero-order valence-corrected chi connectivity index (χ0v) is 13.9. The second kappa shape index (κ2) is 6.78. The van der Waals surface area contributed by atoms with Crippen LogP contribution in [0, 0.1) is 0 Å². The maximum atomic E-state index is 12.4. The Balaban J connectivity index is 3.23. The van der Waals surface area contributed by atoms with Crippen LogP contribution in [0.3, 0.4) is 0 Å². The van der Waals surface area contributed by atoms with Gasteiger partial charge < -0.3 is 4.90 Å². The molecule has 1 aromatic carbocycles. The highest BCUT2D eigenvalue weighted by molar-refractivity contribution is 8.13. The summed E-state index contributed by atoms with van der Waals surface area (Å²) in [7, 11) is 1.33. The van der Waals surface area contributed by atoms with Crippen molar-refractivity contribution in [3.8, 4) is 0 Å². The molecule has 0 radical (unpaired) electrons. The van der Waals surface area contributed by atoms with E-state index in [1.807, 2.05) is 20.8 Å². The summed E-state index contributed by atoms with van der Waals surface area (Å²) in [6.07, 6.45) is 0.818. The maximum Gasteiger partial charge on any atom is 0.262 e. The largest absolute Gasteiger partial charge is 0.336 e. The molecule has 0 N–H and O–H groups in total. The van der Waals surface area contributed by atoms with E-state index in [2.05, 4.69) is 0 Å². The molecule has 0 spiro atoms. The zero-order chi connectivity index (χ0) is 15.5. The van der Waals surface area contributed by atoms with E-state index >= 15 is 0 Å². The van der Waals surface area contributed by atoms with Gasteiger partial charge in [0.2, 0.25) is 0 Å². The predicted octanol–water partition coefficient (Wildman–Crippen LogP) is 3.53. The van der Waals surface area contributed by atoms with E-state index in [1.54, 1.807) is 4.90 Å². The van der Waals surface area contributed by atoms with Crippen LogP contribution in [0.2, 0.25) is 5.02 Å². The molecule has 0 aliphatic heterocycles. The Bertz CT molecular complexity index is 600. The van der Waals surface area contributed by atoms with Gasteiger partial charge in [-0.1, -0.05) is 18.5 Å². The molecule has 1 amide bonds. The van der Waals surface area contributed by atoms with E-state index in [9.17, 15) is 13.2 Å². The second-order valence-electron chi connectivity index (χ2n) is 4.68. The van der Waals surface area contributed by atoms with E-state index < -0.39 is 9.05 Å². The van der Waals surface area contributed by atoms with E-state index in [-0.39, 0.29) is 27.4 Å². The fraction of sp³-hybridized carbons (Fsp3) is 0.462. The minimum absolute atomic E-state index is 0.00291. The third-order valence-electron chi connectivity index (χ3n) is 2.79. The fourth-order valence-corrected chi connectivity index (χ4v) is 3.32. The minimum Gasteiger partial charge on any atom is -0.336 e. The average molecular weight is 338 g/mol. The quantitative estimate of drug-likeness (QED) is 0.772. The summed E-state index contributed by atoms with van der Waals surface area (Å²) in [5, 5.41) is 0.00291. The van der Waals surface area contributed by atoms with Crippen LogP contribution >= 0.6 is 22.3 Å². The molecule has 0 aliphatic rings. The maximum absolute atomic E-state index is 12.4. The molecule has 0 atom stereocenters. The lowest BCUT2D eigenvalue weighted by Gasteiger charge is -2.26. The predicted molar refractivity (Wildman–Crippen MR) is 81.0 cm³/mol. The van der Waals surface area contributed by atoms with Crippen molar-refractivity contribution in [2.24, 2.45) is 0 Å². The number of halogens is 2. The van der Waals surface area contributed by atoms with Gasteiger partial charge in [0.25, 0.3) is 15.0 Å². The molecule has 0 saturated carbocycles. The van der Waals surface area contributed by atoms with E-state index in [4.69, 9.17) is 22.3 Å². The first-order valence-electron chi connectivity index (χ1n) is 6.23. The Kier molecular flexibility index (Phi) is 5.86. The number of nitrogens with zero attached hydrogens (tertiary/aromatic N) is 1. The van der Waals surface area contributed by atoms with Crippen molar-refractivity contribution in [1.29, 1.82) is 0 Å². The Morgan fingerprint density at radius 3 is 2.40 bits per heavy atom. The van der Waals surface area contributed by atoms with Crippen LogP contribution in [0.25, 0.3) is 0 Å². The minimum atomic E-state index is -3.98. The summed E-state index contributed by atoms with van der Waals surface area (Å²) in [6, 6.07) is 4.11. The van der Waals surface area contributed by atoms with Crippen molar-refractivity contribution in [3.05, 3.63) is 28.8 Å². The van der Waals surface area contributed by atoms with Gasteiger partial charge in [0.05, 0.1) is 5.02 Å². The topological polar surface area (TPSA) is 54.5 Å². The Morgan fingerprint density at radius 2 is 1.95 bits per heavy atom. The number of benzene rings is 1. The SMILES string of the molecule is CCCN(C(=O)c1ccc(Cl)c(S(=O)(=O)Cl)c1)C(C)C. The van der Waals surface area contributed by atoms with Crippen LogP contribution in [0.5, 0.6) is 0 Å². The molecule has 4 nitrogen and oxygen atoms in total. The molecule has 0 aromatic heterocycles. The normalized spacial score (nSPS) is 11.7. The standard InChI is InChI=1S/C13H17Cl2NO3S/c1-4-7-16(9(2)3)13(17)10-5-6-11(14)12(8-10)20(15,18)19/h5-6,8-9H,4,7H2,1-3H3. The summed E-state index contributed by atoms with van der Waals surface area (Å²) in [5.41, 5.74) is 0.260. The van der Waals surface area contributed by atoms with E-state index in [1.165, 1.54) is 18.2 Å². The lowest BCUT2D eigenvalue weighted by Crippen LogP contribution is -2.37. The van der Waals surface area contributed by atoms with Gasteiger partial charge >= 0.3 is 0 Å². The van der Waals surface area contributed by atoms with Crippen molar-refractivity contribution in [3.63, 3.8) is 0 Å². The molecule has 0 aliphatic carbocycles. The summed E-state index contributed by atoms with van der Waals surface area (Å²) in [6.45, 7) is 6.38. The van der Waals surface area contributed by atoms with Crippen LogP contribution in [-0.4, -0.2) is 31.8 Å². The van der Waals surface area contributed by atoms with Crippen LogP contribution < -0.4 is 0 Å². The van der Waals surface area contributed by atoms with E-state index in [0.717, 1.165) is 6.42 Å². The zero-order valence-electron chi connectivity index (χ0n) is 11.6. The van der Waals surface area contributed by atoms with Gasteiger partial charge in [0.1, 0.15) is 4.90 Å². The number of carbonyl (C=O) groups excluding carboxylic acids is 1. The van der Waals surface area contributed by atoms with Crippen molar-refractivity contribution in [2.45, 2.75) is 38.1 Å². The summed E-state index contributed by atoms with van der Waals surface area (Å²) >= 11 is 5.80. The first kappa shape index (κ1) is 17.3. The van der Waals surface area contributed by atoms with Crippen molar-refractivity contribution < 1.29 is 13.2 Å². The molecule has 0 bridgehead atoms. The van der Waals surface area contributed by atoms with Crippen molar-refractivity contribution >= 4 is 37.2 Å². The lowest BCUT2D eigenvalue weighted by atomic mass is 10.1. The second-order valence-corrected chi connectivity index (χ2v) is 7.62. The molecule has 0 unspecified atom stereocenters. The van der Waals surface area contributed by atoms with Gasteiger partial charge in [-0.25, -0.2) is 8.42 Å².